The molecule has 0 atom stereocenters. The summed E-state index contributed by atoms with van der Waals surface area (Å²) in [5.41, 5.74) is 11.3. The van der Waals surface area contributed by atoms with Gasteiger partial charge in [0, 0.05) is 32.6 Å². The summed E-state index contributed by atoms with van der Waals surface area (Å²) in [5, 5.41) is 9.81. The van der Waals surface area contributed by atoms with Crippen molar-refractivity contribution in [2.45, 2.75) is 0 Å². The largest absolute Gasteiger partial charge is 0.456 e. The quantitative estimate of drug-likeness (QED) is 0.192. The summed E-state index contributed by atoms with van der Waals surface area (Å²) in [5.74, 6) is 0. The van der Waals surface area contributed by atoms with E-state index >= 15 is 0 Å². The lowest BCUT2D eigenvalue weighted by molar-refractivity contribution is 0.669. The smallest absolute Gasteiger partial charge is 0.137 e. The van der Waals surface area contributed by atoms with Crippen molar-refractivity contribution in [2.75, 3.05) is 0 Å². The molecular formula is C46H28N2O. The van der Waals surface area contributed by atoms with Crippen LogP contribution in [0.5, 0.6) is 0 Å². The normalized spacial score (nSPS) is 12.1. The Morgan fingerprint density at radius 1 is 0.347 bits per heavy atom. The monoisotopic (exact) mass is 624 g/mol. The molecular weight excluding hydrogens is 597 g/mol. The first kappa shape index (κ1) is 26.5. The molecule has 11 rings (SSSR count). The maximum absolute atomic E-state index is 6.34. The lowest BCUT2D eigenvalue weighted by Crippen LogP contribution is -1.95. The van der Waals surface area contributed by atoms with E-state index in [1.807, 2.05) is 6.07 Å². The number of hydrogen-bond acceptors (Lipinski definition) is 1. The van der Waals surface area contributed by atoms with E-state index in [0.717, 1.165) is 33.3 Å². The maximum Gasteiger partial charge on any atom is 0.137 e. The Bertz CT molecular complexity index is 3090. The molecule has 0 N–H and O–H groups in total. The zero-order valence-electron chi connectivity index (χ0n) is 26.5. The Hall–Kier alpha value is -6.58. The highest BCUT2D eigenvalue weighted by atomic mass is 16.3. The zero-order valence-corrected chi connectivity index (χ0v) is 26.5. The molecule has 0 aliphatic rings. The highest BCUT2D eigenvalue weighted by Crippen LogP contribution is 2.44. The van der Waals surface area contributed by atoms with Crippen molar-refractivity contribution in [3.05, 3.63) is 170 Å². The van der Waals surface area contributed by atoms with Crippen LogP contribution in [0.15, 0.2) is 174 Å². The van der Waals surface area contributed by atoms with Crippen molar-refractivity contribution < 1.29 is 4.42 Å². The van der Waals surface area contributed by atoms with Crippen molar-refractivity contribution >= 4 is 76.3 Å². The van der Waals surface area contributed by atoms with Crippen LogP contribution in [0.4, 0.5) is 0 Å². The van der Waals surface area contributed by atoms with Gasteiger partial charge in [0.15, 0.2) is 0 Å². The van der Waals surface area contributed by atoms with Gasteiger partial charge in [-0.2, -0.15) is 0 Å². The summed E-state index contributed by atoms with van der Waals surface area (Å²) in [6, 6.07) is 61.2. The molecule has 3 heterocycles. The molecule has 0 bridgehead atoms. The van der Waals surface area contributed by atoms with Gasteiger partial charge >= 0.3 is 0 Å². The second-order valence-electron chi connectivity index (χ2n) is 12.9. The summed E-state index contributed by atoms with van der Waals surface area (Å²) in [4.78, 5) is 0. The van der Waals surface area contributed by atoms with Crippen LogP contribution in [-0.2, 0) is 0 Å². The van der Waals surface area contributed by atoms with Gasteiger partial charge in [0.05, 0.1) is 33.1 Å². The first-order chi connectivity index (χ1) is 24.3. The van der Waals surface area contributed by atoms with E-state index in [4.69, 9.17) is 4.42 Å². The van der Waals surface area contributed by atoms with Crippen molar-refractivity contribution in [1.29, 1.82) is 0 Å². The molecule has 0 fully saturated rings. The minimum atomic E-state index is 0.897. The van der Waals surface area contributed by atoms with Gasteiger partial charge in [-0.15, -0.1) is 0 Å². The predicted octanol–water partition coefficient (Wildman–Crippen LogP) is 12.6. The van der Waals surface area contributed by atoms with E-state index in [1.165, 1.54) is 65.5 Å². The number of para-hydroxylation sites is 3. The fourth-order valence-corrected chi connectivity index (χ4v) is 8.27. The van der Waals surface area contributed by atoms with Crippen molar-refractivity contribution in [2.24, 2.45) is 0 Å². The molecule has 0 saturated carbocycles. The van der Waals surface area contributed by atoms with Crippen molar-refractivity contribution in [1.82, 2.24) is 9.13 Å². The Labute approximate surface area is 281 Å². The van der Waals surface area contributed by atoms with Crippen LogP contribution in [0.1, 0.15) is 0 Å². The maximum atomic E-state index is 6.34. The molecule has 3 heteroatoms. The summed E-state index contributed by atoms with van der Waals surface area (Å²) < 4.78 is 11.2. The molecule has 8 aromatic carbocycles. The van der Waals surface area contributed by atoms with Crippen LogP contribution in [0.2, 0.25) is 0 Å². The Kier molecular flexibility index (Phi) is 5.38. The number of aromatic nitrogens is 2. The number of fused-ring (bicyclic) bond motifs is 11. The molecule has 0 unspecified atom stereocenters. The van der Waals surface area contributed by atoms with Crippen molar-refractivity contribution in [3.8, 4) is 22.5 Å². The van der Waals surface area contributed by atoms with E-state index < -0.39 is 0 Å². The summed E-state index contributed by atoms with van der Waals surface area (Å²) in [6.07, 6.45) is 0. The molecule has 0 saturated heterocycles. The molecule has 0 aliphatic heterocycles. The predicted molar refractivity (Wildman–Crippen MR) is 205 cm³/mol. The molecule has 49 heavy (non-hydrogen) atoms. The van der Waals surface area contributed by atoms with E-state index in [-0.39, 0.29) is 0 Å². The highest BCUT2D eigenvalue weighted by Gasteiger charge is 2.22. The van der Waals surface area contributed by atoms with E-state index in [1.54, 1.807) is 0 Å². The molecule has 0 amide bonds. The van der Waals surface area contributed by atoms with Gasteiger partial charge in [-0.25, -0.2) is 0 Å². The summed E-state index contributed by atoms with van der Waals surface area (Å²) >= 11 is 0. The fourth-order valence-electron chi connectivity index (χ4n) is 8.27. The van der Waals surface area contributed by atoms with Crippen LogP contribution in [0, 0.1) is 0 Å². The number of benzene rings is 8. The van der Waals surface area contributed by atoms with Gasteiger partial charge in [-0.1, -0.05) is 115 Å². The number of furan rings is 1. The Balaban J connectivity index is 1.19. The lowest BCUT2D eigenvalue weighted by Gasteiger charge is -2.11. The third-order valence-corrected chi connectivity index (χ3v) is 10.3. The minimum absolute atomic E-state index is 0.897. The molecule has 0 aliphatic carbocycles. The second kappa shape index (κ2) is 9.96. The fraction of sp³-hybridized carbons (Fsp3) is 0. The van der Waals surface area contributed by atoms with Crippen LogP contribution in [-0.4, -0.2) is 9.13 Å². The van der Waals surface area contributed by atoms with Crippen molar-refractivity contribution in [3.63, 3.8) is 0 Å². The first-order valence-electron chi connectivity index (χ1n) is 16.8. The van der Waals surface area contributed by atoms with Crippen LogP contribution < -0.4 is 0 Å². The van der Waals surface area contributed by atoms with E-state index in [2.05, 4.69) is 173 Å². The van der Waals surface area contributed by atoms with E-state index in [9.17, 15) is 0 Å². The number of hydrogen-bond donors (Lipinski definition) is 0. The Morgan fingerprint density at radius 2 is 0.918 bits per heavy atom. The van der Waals surface area contributed by atoms with Gasteiger partial charge < -0.3 is 13.6 Å². The summed E-state index contributed by atoms with van der Waals surface area (Å²) in [6.45, 7) is 0. The first-order valence-corrected chi connectivity index (χ1v) is 16.8. The average molecular weight is 625 g/mol. The molecule has 3 aromatic heterocycles. The molecule has 11 aromatic rings. The molecule has 228 valence electrons. The summed E-state index contributed by atoms with van der Waals surface area (Å²) in [7, 11) is 0. The van der Waals surface area contributed by atoms with E-state index in [0.29, 0.717) is 0 Å². The minimum Gasteiger partial charge on any atom is -0.456 e. The highest BCUT2D eigenvalue weighted by molar-refractivity contribution is 6.29. The van der Waals surface area contributed by atoms with Gasteiger partial charge in [-0.05, 0) is 76.5 Å². The molecule has 0 radical (unpaired) electrons. The number of nitrogens with zero attached hydrogens (tertiary/aromatic N) is 2. The van der Waals surface area contributed by atoms with Crippen LogP contribution in [0.25, 0.3) is 98.8 Å². The second-order valence-corrected chi connectivity index (χ2v) is 12.9. The van der Waals surface area contributed by atoms with Gasteiger partial charge in [0.2, 0.25) is 0 Å². The SMILES string of the molecule is c1ccc2c(-c3ccc(-n4c5ccccc5c5c6c7ccccc7n(-c7cccc8oc9ccccc9c78)c6ccc54)cc3)cccc2c1. The average Bonchev–Trinajstić information content (AvgIpc) is 3.82. The van der Waals surface area contributed by atoms with Gasteiger partial charge in [0.1, 0.15) is 11.2 Å². The Morgan fingerprint density at radius 3 is 1.69 bits per heavy atom. The van der Waals surface area contributed by atoms with Crippen LogP contribution >= 0.6 is 0 Å². The van der Waals surface area contributed by atoms with Crippen LogP contribution in [0.3, 0.4) is 0 Å². The third-order valence-electron chi connectivity index (χ3n) is 10.3. The standard InChI is InChI=1S/C46H28N2O/c1-2-13-32-29(11-1)12-9-17-33(32)30-23-25-31(26-24-30)47-37-18-6-3-14-34(37)45-40(47)27-28-41-46(45)35-15-4-7-19-38(35)48(41)39-20-10-22-43-44(39)36-16-5-8-21-42(36)49-43/h1-28H. The van der Waals surface area contributed by atoms with Gasteiger partial charge in [-0.3, -0.25) is 0 Å². The number of rotatable bonds is 3. The zero-order chi connectivity index (χ0) is 32.1. The third kappa shape index (κ3) is 3.67. The lowest BCUT2D eigenvalue weighted by atomic mass is 9.98. The molecule has 0 spiro atoms. The van der Waals surface area contributed by atoms with Gasteiger partial charge in [0.25, 0.3) is 0 Å². The molecule has 3 nitrogen and oxygen atoms in total. The topological polar surface area (TPSA) is 23.0 Å².